The summed E-state index contributed by atoms with van der Waals surface area (Å²) in [4.78, 5) is 25.6. The quantitative estimate of drug-likeness (QED) is 0.495. The van der Waals surface area contributed by atoms with E-state index in [9.17, 15) is 9.59 Å². The first-order valence-electron chi connectivity index (χ1n) is 8.98. The number of hydrogen-bond acceptors (Lipinski definition) is 3. The fourth-order valence-corrected chi connectivity index (χ4v) is 3.18. The van der Waals surface area contributed by atoms with Crippen molar-refractivity contribution in [3.05, 3.63) is 93.5 Å². The van der Waals surface area contributed by atoms with Crippen LogP contribution in [0.25, 0.3) is 0 Å². The molecule has 0 heterocycles. The van der Waals surface area contributed by atoms with E-state index < -0.39 is 6.10 Å². The summed E-state index contributed by atoms with van der Waals surface area (Å²) >= 11 is 12.0. The van der Waals surface area contributed by atoms with Gasteiger partial charge in [0.1, 0.15) is 5.75 Å². The number of amides is 1. The monoisotopic (exact) mass is 427 g/mol. The van der Waals surface area contributed by atoms with Gasteiger partial charge in [-0.05, 0) is 55.8 Å². The van der Waals surface area contributed by atoms with Gasteiger partial charge in [0, 0.05) is 21.2 Å². The largest absolute Gasteiger partial charge is 0.481 e. The Hall–Kier alpha value is -2.82. The lowest BCUT2D eigenvalue weighted by atomic mass is 10.0. The smallest absolute Gasteiger partial charge is 0.265 e. The lowest BCUT2D eigenvalue weighted by molar-refractivity contribution is -0.122. The Balaban J connectivity index is 1.80. The zero-order chi connectivity index (χ0) is 21.0. The summed E-state index contributed by atoms with van der Waals surface area (Å²) in [6, 6.07) is 18.8. The number of carbonyl (C=O) groups excluding carboxylic acids is 2. The average Bonchev–Trinajstić information content (AvgIpc) is 2.71. The highest BCUT2D eigenvalue weighted by molar-refractivity contribution is 6.31. The van der Waals surface area contributed by atoms with Crippen LogP contribution >= 0.6 is 23.2 Å². The standard InChI is InChI=1S/C23H19Cl2NO3/c1-14-12-17(24)9-11-21(14)29-15(2)23(28)26-20-10-8-18(25)13-19(20)22(27)16-6-4-3-5-7-16/h3-13,15H,1-2H3,(H,26,28). The van der Waals surface area contributed by atoms with Crippen molar-refractivity contribution in [3.8, 4) is 5.75 Å². The molecule has 3 aromatic rings. The van der Waals surface area contributed by atoms with Gasteiger partial charge in [0.05, 0.1) is 5.69 Å². The van der Waals surface area contributed by atoms with Gasteiger partial charge in [0.2, 0.25) is 0 Å². The molecular formula is C23H19Cl2NO3. The van der Waals surface area contributed by atoms with Crippen LogP contribution < -0.4 is 10.1 Å². The number of nitrogens with one attached hydrogen (secondary N) is 1. The van der Waals surface area contributed by atoms with Gasteiger partial charge in [-0.2, -0.15) is 0 Å². The van der Waals surface area contributed by atoms with Crippen LogP contribution in [0.5, 0.6) is 5.75 Å². The zero-order valence-electron chi connectivity index (χ0n) is 15.9. The first-order valence-corrected chi connectivity index (χ1v) is 9.73. The van der Waals surface area contributed by atoms with Crippen LogP contribution in [0.15, 0.2) is 66.7 Å². The van der Waals surface area contributed by atoms with Crippen molar-refractivity contribution >= 4 is 40.6 Å². The average molecular weight is 428 g/mol. The highest BCUT2D eigenvalue weighted by Crippen LogP contribution is 2.25. The van der Waals surface area contributed by atoms with Crippen LogP contribution in [0.4, 0.5) is 5.69 Å². The minimum atomic E-state index is -0.787. The van der Waals surface area contributed by atoms with Crippen molar-refractivity contribution in [1.82, 2.24) is 0 Å². The molecule has 3 aromatic carbocycles. The van der Waals surface area contributed by atoms with Crippen molar-refractivity contribution in [2.45, 2.75) is 20.0 Å². The number of rotatable bonds is 6. The van der Waals surface area contributed by atoms with E-state index in [-0.39, 0.29) is 11.7 Å². The normalized spacial score (nSPS) is 11.6. The van der Waals surface area contributed by atoms with E-state index in [0.717, 1.165) is 5.56 Å². The molecule has 0 saturated carbocycles. The lowest BCUT2D eigenvalue weighted by Gasteiger charge is -2.18. The van der Waals surface area contributed by atoms with Gasteiger partial charge in [-0.15, -0.1) is 0 Å². The maximum absolute atomic E-state index is 12.9. The molecular weight excluding hydrogens is 409 g/mol. The topological polar surface area (TPSA) is 55.4 Å². The van der Waals surface area contributed by atoms with Gasteiger partial charge in [-0.1, -0.05) is 53.5 Å². The summed E-state index contributed by atoms with van der Waals surface area (Å²) in [6.07, 6.45) is -0.787. The number of benzene rings is 3. The maximum Gasteiger partial charge on any atom is 0.265 e. The number of carbonyl (C=O) groups is 2. The second-order valence-corrected chi connectivity index (χ2v) is 7.42. The van der Waals surface area contributed by atoms with Gasteiger partial charge in [0.25, 0.3) is 5.91 Å². The van der Waals surface area contributed by atoms with Crippen LogP contribution in [0.3, 0.4) is 0 Å². The van der Waals surface area contributed by atoms with E-state index in [2.05, 4.69) is 5.32 Å². The molecule has 1 N–H and O–H groups in total. The van der Waals surface area contributed by atoms with Crippen molar-refractivity contribution in [2.24, 2.45) is 0 Å². The third-order valence-electron chi connectivity index (χ3n) is 4.33. The molecule has 1 amide bonds. The van der Waals surface area contributed by atoms with Gasteiger partial charge in [-0.3, -0.25) is 9.59 Å². The van der Waals surface area contributed by atoms with Crippen LogP contribution in [0, 0.1) is 6.92 Å². The molecule has 0 aliphatic carbocycles. The number of ketones is 1. The second kappa shape index (κ2) is 9.12. The van der Waals surface area contributed by atoms with Gasteiger partial charge in [-0.25, -0.2) is 0 Å². The predicted octanol–water partition coefficient (Wildman–Crippen LogP) is 5.94. The molecule has 3 rings (SSSR count). The first-order chi connectivity index (χ1) is 13.8. The summed E-state index contributed by atoms with van der Waals surface area (Å²) in [5.74, 6) is -0.0527. The fraction of sp³-hybridized carbons (Fsp3) is 0.130. The zero-order valence-corrected chi connectivity index (χ0v) is 17.4. The van der Waals surface area contributed by atoms with Gasteiger partial charge in [0.15, 0.2) is 11.9 Å². The molecule has 0 radical (unpaired) electrons. The molecule has 0 aromatic heterocycles. The van der Waals surface area contributed by atoms with E-state index in [4.69, 9.17) is 27.9 Å². The highest BCUT2D eigenvalue weighted by atomic mass is 35.5. The van der Waals surface area contributed by atoms with Crippen LogP contribution in [-0.4, -0.2) is 17.8 Å². The van der Waals surface area contributed by atoms with E-state index >= 15 is 0 Å². The molecule has 0 fully saturated rings. The van der Waals surface area contributed by atoms with E-state index in [0.29, 0.717) is 32.6 Å². The highest BCUT2D eigenvalue weighted by Gasteiger charge is 2.20. The van der Waals surface area contributed by atoms with Crippen molar-refractivity contribution < 1.29 is 14.3 Å². The van der Waals surface area contributed by atoms with Crippen molar-refractivity contribution in [2.75, 3.05) is 5.32 Å². The van der Waals surface area contributed by atoms with E-state index in [1.807, 2.05) is 13.0 Å². The van der Waals surface area contributed by atoms with Crippen molar-refractivity contribution in [3.63, 3.8) is 0 Å². The van der Waals surface area contributed by atoms with Crippen LogP contribution in [0.2, 0.25) is 10.0 Å². The molecule has 1 unspecified atom stereocenters. The first kappa shape index (κ1) is 20.9. The third kappa shape index (κ3) is 5.17. The Morgan fingerprint density at radius 1 is 0.931 bits per heavy atom. The molecule has 6 heteroatoms. The molecule has 0 saturated heterocycles. The van der Waals surface area contributed by atoms with Crippen molar-refractivity contribution in [1.29, 1.82) is 0 Å². The predicted molar refractivity (Wildman–Crippen MR) is 116 cm³/mol. The van der Waals surface area contributed by atoms with Gasteiger partial charge >= 0.3 is 0 Å². The third-order valence-corrected chi connectivity index (χ3v) is 4.80. The Labute approximate surface area is 179 Å². The molecule has 29 heavy (non-hydrogen) atoms. The molecule has 4 nitrogen and oxygen atoms in total. The number of anilines is 1. The molecule has 0 bridgehead atoms. The summed E-state index contributed by atoms with van der Waals surface area (Å²) < 4.78 is 5.76. The molecule has 1 atom stereocenters. The maximum atomic E-state index is 12.9. The Morgan fingerprint density at radius 2 is 1.59 bits per heavy atom. The fourth-order valence-electron chi connectivity index (χ4n) is 2.78. The Morgan fingerprint density at radius 3 is 2.28 bits per heavy atom. The number of aryl methyl sites for hydroxylation is 1. The second-order valence-electron chi connectivity index (χ2n) is 6.54. The lowest BCUT2D eigenvalue weighted by Crippen LogP contribution is -2.31. The molecule has 0 aliphatic heterocycles. The summed E-state index contributed by atoms with van der Waals surface area (Å²) in [7, 11) is 0. The summed E-state index contributed by atoms with van der Waals surface area (Å²) in [5.41, 5.74) is 2.01. The summed E-state index contributed by atoms with van der Waals surface area (Å²) in [6.45, 7) is 3.49. The van der Waals surface area contributed by atoms with Gasteiger partial charge < -0.3 is 10.1 Å². The molecule has 148 valence electrons. The SMILES string of the molecule is Cc1cc(Cl)ccc1OC(C)C(=O)Nc1ccc(Cl)cc1C(=O)c1ccccc1. The number of ether oxygens (including phenoxy) is 1. The van der Waals surface area contributed by atoms with E-state index in [1.54, 1.807) is 67.6 Å². The van der Waals surface area contributed by atoms with Crippen LogP contribution in [-0.2, 0) is 4.79 Å². The van der Waals surface area contributed by atoms with E-state index in [1.165, 1.54) is 0 Å². The Bertz CT molecular complexity index is 1050. The van der Waals surface area contributed by atoms with Crippen LogP contribution in [0.1, 0.15) is 28.4 Å². The summed E-state index contributed by atoms with van der Waals surface area (Å²) in [5, 5.41) is 3.77. The molecule has 0 spiro atoms. The molecule has 0 aliphatic rings. The minimum absolute atomic E-state index is 0.231. The minimum Gasteiger partial charge on any atom is -0.481 e. The number of halogens is 2. The Kier molecular flexibility index (Phi) is 6.57. The number of hydrogen-bond donors (Lipinski definition) is 1.